The number of halogens is 1. The number of carbonyl (C=O) groups is 1. The third-order valence-electron chi connectivity index (χ3n) is 2.67. The van der Waals surface area contributed by atoms with E-state index in [4.69, 9.17) is 0 Å². The summed E-state index contributed by atoms with van der Waals surface area (Å²) in [4.78, 5) is 15.1. The average molecular weight is 320 g/mol. The second-order valence-corrected chi connectivity index (χ2v) is 7.05. The highest BCUT2D eigenvalue weighted by Gasteiger charge is 2.25. The number of nitrogens with zero attached hydrogens (tertiary/aromatic N) is 1. The number of hydrogen-bond acceptors (Lipinski definition) is 3. The molecule has 2 nitrogen and oxygen atoms in total. The second kappa shape index (κ2) is 5.56. The van der Waals surface area contributed by atoms with E-state index in [1.807, 2.05) is 23.7 Å². The van der Waals surface area contributed by atoms with Crippen molar-refractivity contribution in [3.8, 4) is 0 Å². The molecule has 1 fully saturated rings. The van der Waals surface area contributed by atoms with Crippen LogP contribution in [-0.4, -0.2) is 29.4 Å². The van der Waals surface area contributed by atoms with Crippen molar-refractivity contribution in [3.63, 3.8) is 0 Å². The quantitative estimate of drug-likeness (QED) is 0.852. The lowest BCUT2D eigenvalue weighted by molar-refractivity contribution is -0.133. The number of hydrogen-bond donors (Lipinski definition) is 0. The SMILES string of the molecule is CN(Cc1cc(Br)cs1)C(=O)C1CCSC1. The minimum atomic E-state index is 0.249. The van der Waals surface area contributed by atoms with Gasteiger partial charge in [-0.05, 0) is 34.2 Å². The van der Waals surface area contributed by atoms with E-state index in [9.17, 15) is 4.79 Å². The first-order valence-corrected chi connectivity index (χ1v) is 8.05. The van der Waals surface area contributed by atoms with Crippen LogP contribution in [0.3, 0.4) is 0 Å². The molecule has 0 aliphatic carbocycles. The highest BCUT2D eigenvalue weighted by molar-refractivity contribution is 9.10. The maximum atomic E-state index is 12.1. The molecule has 0 spiro atoms. The summed E-state index contributed by atoms with van der Waals surface area (Å²) in [5.74, 6) is 2.68. The molecule has 1 unspecified atom stereocenters. The van der Waals surface area contributed by atoms with E-state index >= 15 is 0 Å². The van der Waals surface area contributed by atoms with Crippen molar-refractivity contribution < 1.29 is 4.79 Å². The van der Waals surface area contributed by atoms with Crippen LogP contribution in [0.25, 0.3) is 0 Å². The number of thioether (sulfide) groups is 1. The van der Waals surface area contributed by atoms with Crippen molar-refractivity contribution >= 4 is 44.9 Å². The summed E-state index contributed by atoms with van der Waals surface area (Å²) in [6.07, 6.45) is 1.04. The molecule has 0 radical (unpaired) electrons. The first kappa shape index (κ1) is 12.5. The molecule has 2 heterocycles. The van der Waals surface area contributed by atoms with Crippen LogP contribution in [0.5, 0.6) is 0 Å². The Morgan fingerprint density at radius 3 is 3.06 bits per heavy atom. The van der Waals surface area contributed by atoms with Gasteiger partial charge in [0.2, 0.25) is 5.91 Å². The topological polar surface area (TPSA) is 20.3 Å². The zero-order chi connectivity index (χ0) is 11.5. The first-order valence-electron chi connectivity index (χ1n) is 5.22. The molecular weight excluding hydrogens is 306 g/mol. The van der Waals surface area contributed by atoms with Gasteiger partial charge in [-0.3, -0.25) is 4.79 Å². The lowest BCUT2D eigenvalue weighted by Gasteiger charge is -2.19. The van der Waals surface area contributed by atoms with Gasteiger partial charge < -0.3 is 4.90 Å². The summed E-state index contributed by atoms with van der Waals surface area (Å²) < 4.78 is 1.10. The molecule has 1 aliphatic heterocycles. The largest absolute Gasteiger partial charge is 0.340 e. The number of thiophene rings is 1. The minimum absolute atomic E-state index is 0.249. The predicted molar refractivity (Wildman–Crippen MR) is 73.9 cm³/mol. The fourth-order valence-electron chi connectivity index (χ4n) is 1.79. The summed E-state index contributed by atoms with van der Waals surface area (Å²) in [5.41, 5.74) is 0. The van der Waals surface area contributed by atoms with Gasteiger partial charge in [0.1, 0.15) is 0 Å². The van der Waals surface area contributed by atoms with Gasteiger partial charge >= 0.3 is 0 Å². The lowest BCUT2D eigenvalue weighted by atomic mass is 10.1. The molecule has 0 aromatic carbocycles. The van der Waals surface area contributed by atoms with Crippen molar-refractivity contribution in [2.24, 2.45) is 5.92 Å². The zero-order valence-corrected chi connectivity index (χ0v) is 12.3. The molecular formula is C11H14BrNOS2. The van der Waals surface area contributed by atoms with Gasteiger partial charge in [-0.15, -0.1) is 11.3 Å². The molecule has 2 rings (SSSR count). The van der Waals surface area contributed by atoms with Gasteiger partial charge in [-0.2, -0.15) is 11.8 Å². The summed E-state index contributed by atoms with van der Waals surface area (Å²) in [5, 5.41) is 2.05. The molecule has 0 saturated carbocycles. The molecule has 1 aromatic heterocycles. The third-order valence-corrected chi connectivity index (χ3v) is 5.51. The van der Waals surface area contributed by atoms with Crippen LogP contribution in [0.4, 0.5) is 0 Å². The standard InChI is InChI=1S/C11H14BrNOS2/c1-13(5-10-4-9(12)7-16-10)11(14)8-2-3-15-6-8/h4,7-8H,2-3,5-6H2,1H3. The van der Waals surface area contributed by atoms with E-state index in [0.29, 0.717) is 5.91 Å². The van der Waals surface area contributed by atoms with Crippen LogP contribution >= 0.6 is 39.0 Å². The monoisotopic (exact) mass is 319 g/mol. The highest BCUT2D eigenvalue weighted by atomic mass is 79.9. The van der Waals surface area contributed by atoms with Crippen LogP contribution in [0.1, 0.15) is 11.3 Å². The Hall–Kier alpha value is -0.000000000000000111. The molecule has 1 amide bonds. The maximum Gasteiger partial charge on any atom is 0.226 e. The Morgan fingerprint density at radius 1 is 1.69 bits per heavy atom. The van der Waals surface area contributed by atoms with Gasteiger partial charge in [0.15, 0.2) is 0 Å². The molecule has 1 aliphatic rings. The van der Waals surface area contributed by atoms with E-state index in [1.165, 1.54) is 4.88 Å². The molecule has 1 saturated heterocycles. The molecule has 88 valence electrons. The number of amides is 1. The van der Waals surface area contributed by atoms with Crippen LogP contribution in [-0.2, 0) is 11.3 Å². The summed E-state index contributed by atoms with van der Waals surface area (Å²) >= 11 is 7.01. The van der Waals surface area contributed by atoms with Crippen LogP contribution in [0.2, 0.25) is 0 Å². The summed E-state index contributed by atoms with van der Waals surface area (Å²) in [6.45, 7) is 0.732. The van der Waals surface area contributed by atoms with E-state index < -0.39 is 0 Å². The fraction of sp³-hybridized carbons (Fsp3) is 0.545. The smallest absolute Gasteiger partial charge is 0.226 e. The van der Waals surface area contributed by atoms with Crippen molar-refractivity contribution in [3.05, 3.63) is 20.8 Å². The molecule has 16 heavy (non-hydrogen) atoms. The van der Waals surface area contributed by atoms with Gasteiger partial charge in [0.25, 0.3) is 0 Å². The summed E-state index contributed by atoms with van der Waals surface area (Å²) in [7, 11) is 1.90. The Kier molecular flexibility index (Phi) is 4.33. The van der Waals surface area contributed by atoms with Crippen molar-refractivity contribution in [2.45, 2.75) is 13.0 Å². The first-order chi connectivity index (χ1) is 7.66. The third kappa shape index (κ3) is 3.02. The number of carbonyl (C=O) groups excluding carboxylic acids is 1. The van der Waals surface area contributed by atoms with Crippen molar-refractivity contribution in [2.75, 3.05) is 18.6 Å². The zero-order valence-electron chi connectivity index (χ0n) is 9.11. The van der Waals surface area contributed by atoms with Crippen LogP contribution in [0, 0.1) is 5.92 Å². The summed E-state index contributed by atoms with van der Waals surface area (Å²) in [6, 6.07) is 2.08. The van der Waals surface area contributed by atoms with E-state index in [1.54, 1.807) is 11.3 Å². The second-order valence-electron chi connectivity index (χ2n) is 3.99. The Labute approximate surface area is 113 Å². The fourth-order valence-corrected chi connectivity index (χ4v) is 4.50. The van der Waals surface area contributed by atoms with Gasteiger partial charge in [0, 0.05) is 33.4 Å². The minimum Gasteiger partial charge on any atom is -0.340 e. The highest BCUT2D eigenvalue weighted by Crippen LogP contribution is 2.26. The van der Waals surface area contributed by atoms with Gasteiger partial charge in [-0.1, -0.05) is 0 Å². The molecule has 1 aromatic rings. The average Bonchev–Trinajstić information content (AvgIpc) is 2.88. The normalized spacial score (nSPS) is 20.0. The predicted octanol–water partition coefficient (Wildman–Crippen LogP) is 3.22. The van der Waals surface area contributed by atoms with Crippen LogP contribution in [0.15, 0.2) is 15.9 Å². The van der Waals surface area contributed by atoms with Gasteiger partial charge in [-0.25, -0.2) is 0 Å². The van der Waals surface area contributed by atoms with E-state index in [0.717, 1.165) is 28.9 Å². The Bertz CT molecular complexity index is 374. The maximum absolute atomic E-state index is 12.1. The molecule has 1 atom stereocenters. The van der Waals surface area contributed by atoms with E-state index in [2.05, 4.69) is 27.4 Å². The van der Waals surface area contributed by atoms with Crippen molar-refractivity contribution in [1.82, 2.24) is 4.90 Å². The van der Waals surface area contributed by atoms with E-state index in [-0.39, 0.29) is 5.92 Å². The Morgan fingerprint density at radius 2 is 2.50 bits per heavy atom. The van der Waals surface area contributed by atoms with Crippen molar-refractivity contribution in [1.29, 1.82) is 0 Å². The molecule has 0 N–H and O–H groups in total. The number of rotatable bonds is 3. The lowest BCUT2D eigenvalue weighted by Crippen LogP contribution is -2.32. The van der Waals surface area contributed by atoms with Crippen LogP contribution < -0.4 is 0 Å². The molecule has 0 bridgehead atoms. The van der Waals surface area contributed by atoms with Gasteiger partial charge in [0.05, 0.1) is 6.54 Å². The Balaban J connectivity index is 1.91. The molecule has 5 heteroatoms.